The number of anilines is 1. The quantitative estimate of drug-likeness (QED) is 0.532. The molecule has 2 rings (SSSR count). The summed E-state index contributed by atoms with van der Waals surface area (Å²) in [5.74, 6) is -1.22. The van der Waals surface area contributed by atoms with Gasteiger partial charge >= 0.3 is 5.97 Å². The van der Waals surface area contributed by atoms with Crippen LogP contribution in [0.4, 0.5) is 5.69 Å². The number of carboxylic acid groups (broad SMARTS) is 1. The fourth-order valence-electron chi connectivity index (χ4n) is 2.31. The summed E-state index contributed by atoms with van der Waals surface area (Å²) in [4.78, 5) is 11.2. The molecule has 1 saturated heterocycles. The second-order valence-corrected chi connectivity index (χ2v) is 6.92. The monoisotopic (exact) mass is 344 g/mol. The minimum atomic E-state index is -3.85. The molecule has 0 aromatic heterocycles. The second kappa shape index (κ2) is 7.73. The summed E-state index contributed by atoms with van der Waals surface area (Å²) in [6.45, 7) is 0.691. The van der Waals surface area contributed by atoms with Crippen molar-refractivity contribution in [1.82, 2.24) is 4.72 Å². The molecule has 8 nitrogen and oxygen atoms in total. The molecule has 1 heterocycles. The van der Waals surface area contributed by atoms with Gasteiger partial charge in [0.2, 0.25) is 10.0 Å². The lowest BCUT2D eigenvalue weighted by molar-refractivity contribution is 0.0697. The van der Waals surface area contributed by atoms with Crippen LogP contribution in [-0.2, 0) is 14.8 Å². The first-order chi connectivity index (χ1) is 10.9. The van der Waals surface area contributed by atoms with Crippen LogP contribution in [0.3, 0.4) is 0 Å². The number of aliphatic hydroxyl groups excluding tert-OH is 1. The predicted octanol–water partition coefficient (Wildman–Crippen LogP) is 0.246. The Bertz CT molecular complexity index is 655. The highest BCUT2D eigenvalue weighted by Gasteiger charge is 2.20. The second-order valence-electron chi connectivity index (χ2n) is 5.15. The Balaban J connectivity index is 2.18. The number of sulfonamides is 1. The van der Waals surface area contributed by atoms with Gasteiger partial charge in [-0.15, -0.1) is 0 Å². The number of ether oxygens (including phenoxy) is 1. The highest BCUT2D eigenvalue weighted by Crippen LogP contribution is 2.22. The van der Waals surface area contributed by atoms with E-state index < -0.39 is 16.0 Å². The molecule has 0 spiro atoms. The van der Waals surface area contributed by atoms with Gasteiger partial charge in [-0.25, -0.2) is 17.9 Å². The number of carbonyl (C=O) groups is 1. The molecule has 1 aromatic rings. The van der Waals surface area contributed by atoms with E-state index in [1.165, 1.54) is 12.1 Å². The van der Waals surface area contributed by atoms with E-state index in [-0.39, 0.29) is 29.7 Å². The number of hydrogen-bond acceptors (Lipinski definition) is 6. The minimum absolute atomic E-state index is 0.0336. The summed E-state index contributed by atoms with van der Waals surface area (Å²) < 4.78 is 31.6. The summed E-state index contributed by atoms with van der Waals surface area (Å²) in [6, 6.07) is 3.84. The average Bonchev–Trinajstić information content (AvgIpc) is 3.04. The number of nitrogens with one attached hydrogen (secondary N) is 2. The molecule has 1 aromatic carbocycles. The normalized spacial score (nSPS) is 18.0. The molecule has 23 heavy (non-hydrogen) atoms. The third-order valence-electron chi connectivity index (χ3n) is 3.48. The molecule has 0 amide bonds. The first kappa shape index (κ1) is 17.7. The van der Waals surface area contributed by atoms with Crippen LogP contribution in [-0.4, -0.2) is 57.0 Å². The number of rotatable bonds is 8. The molecule has 1 fully saturated rings. The Morgan fingerprint density at radius 3 is 2.78 bits per heavy atom. The number of benzene rings is 1. The molecule has 0 bridgehead atoms. The standard InChI is InChI=1S/C14H20N2O6S/c17-6-5-16-23(20,21)11-3-4-13(12(8-11)14(18)19)15-9-10-2-1-7-22-10/h3-4,8,10,15-17H,1-2,5-7,9H2,(H,18,19)/t10-/m1/s1. The first-order valence-corrected chi connectivity index (χ1v) is 8.75. The maximum atomic E-state index is 12.0. The molecule has 0 saturated carbocycles. The van der Waals surface area contributed by atoms with Crippen LogP contribution in [0.5, 0.6) is 0 Å². The Labute approximate surface area is 134 Å². The largest absolute Gasteiger partial charge is 0.478 e. The minimum Gasteiger partial charge on any atom is -0.478 e. The van der Waals surface area contributed by atoms with Gasteiger partial charge in [0.1, 0.15) is 0 Å². The lowest BCUT2D eigenvalue weighted by Gasteiger charge is -2.15. The summed E-state index contributed by atoms with van der Waals surface area (Å²) >= 11 is 0. The van der Waals surface area contributed by atoms with E-state index in [1.54, 1.807) is 0 Å². The van der Waals surface area contributed by atoms with E-state index in [0.29, 0.717) is 18.8 Å². The molecule has 1 aliphatic heterocycles. The van der Waals surface area contributed by atoms with Crippen LogP contribution in [0.25, 0.3) is 0 Å². The molecule has 128 valence electrons. The SMILES string of the molecule is O=C(O)c1cc(S(=O)(=O)NCCO)ccc1NC[C@H]1CCCO1. The molecular weight excluding hydrogens is 324 g/mol. The van der Waals surface area contributed by atoms with Crippen molar-refractivity contribution < 1.29 is 28.2 Å². The van der Waals surface area contributed by atoms with Gasteiger partial charge in [-0.3, -0.25) is 0 Å². The van der Waals surface area contributed by atoms with E-state index in [2.05, 4.69) is 10.0 Å². The molecule has 0 aliphatic carbocycles. The predicted molar refractivity (Wildman–Crippen MR) is 83.1 cm³/mol. The van der Waals surface area contributed by atoms with Crippen molar-refractivity contribution in [3.8, 4) is 0 Å². The Kier molecular flexibility index (Phi) is 5.94. The van der Waals surface area contributed by atoms with Gasteiger partial charge in [-0.05, 0) is 31.0 Å². The van der Waals surface area contributed by atoms with Crippen LogP contribution in [0.2, 0.25) is 0 Å². The molecule has 1 atom stereocenters. The van der Waals surface area contributed by atoms with Crippen molar-refractivity contribution >= 4 is 21.7 Å². The average molecular weight is 344 g/mol. The van der Waals surface area contributed by atoms with Gasteiger partial charge in [-0.2, -0.15) is 0 Å². The number of aliphatic hydroxyl groups is 1. The third kappa shape index (κ3) is 4.64. The van der Waals surface area contributed by atoms with E-state index in [1.807, 2.05) is 0 Å². The molecule has 4 N–H and O–H groups in total. The van der Waals surface area contributed by atoms with Crippen molar-refractivity contribution in [2.75, 3.05) is 31.6 Å². The van der Waals surface area contributed by atoms with Crippen molar-refractivity contribution in [3.63, 3.8) is 0 Å². The van der Waals surface area contributed by atoms with Crippen LogP contribution < -0.4 is 10.0 Å². The van der Waals surface area contributed by atoms with Gasteiger partial charge in [-0.1, -0.05) is 0 Å². The van der Waals surface area contributed by atoms with E-state index in [0.717, 1.165) is 18.9 Å². The Hall–Kier alpha value is -1.68. The molecule has 9 heteroatoms. The smallest absolute Gasteiger partial charge is 0.337 e. The van der Waals surface area contributed by atoms with Gasteiger partial charge < -0.3 is 20.3 Å². The van der Waals surface area contributed by atoms with E-state index >= 15 is 0 Å². The van der Waals surface area contributed by atoms with E-state index in [4.69, 9.17) is 9.84 Å². The van der Waals surface area contributed by atoms with Crippen molar-refractivity contribution in [2.45, 2.75) is 23.8 Å². The number of hydrogen-bond donors (Lipinski definition) is 4. The summed E-state index contributed by atoms with van der Waals surface area (Å²) in [7, 11) is -3.85. The number of aromatic carboxylic acids is 1. The topological polar surface area (TPSA) is 125 Å². The van der Waals surface area contributed by atoms with Crippen LogP contribution in [0.15, 0.2) is 23.1 Å². The molecule has 0 unspecified atom stereocenters. The Morgan fingerprint density at radius 2 is 2.17 bits per heavy atom. The van der Waals surface area contributed by atoms with Gasteiger partial charge in [0.25, 0.3) is 0 Å². The zero-order chi connectivity index (χ0) is 16.9. The Morgan fingerprint density at radius 1 is 1.39 bits per heavy atom. The zero-order valence-corrected chi connectivity index (χ0v) is 13.3. The van der Waals surface area contributed by atoms with Crippen molar-refractivity contribution in [2.24, 2.45) is 0 Å². The fraction of sp³-hybridized carbons (Fsp3) is 0.500. The van der Waals surface area contributed by atoms with Gasteiger partial charge in [0.15, 0.2) is 0 Å². The van der Waals surface area contributed by atoms with Crippen molar-refractivity contribution in [3.05, 3.63) is 23.8 Å². The first-order valence-electron chi connectivity index (χ1n) is 7.27. The van der Waals surface area contributed by atoms with Crippen LogP contribution in [0.1, 0.15) is 23.2 Å². The van der Waals surface area contributed by atoms with Crippen molar-refractivity contribution in [1.29, 1.82) is 0 Å². The highest BCUT2D eigenvalue weighted by molar-refractivity contribution is 7.89. The van der Waals surface area contributed by atoms with Crippen LogP contribution in [0, 0.1) is 0 Å². The third-order valence-corrected chi connectivity index (χ3v) is 4.94. The highest BCUT2D eigenvalue weighted by atomic mass is 32.2. The summed E-state index contributed by atoms with van der Waals surface area (Å²) in [5.41, 5.74) is 0.212. The molecular formula is C14H20N2O6S. The maximum Gasteiger partial charge on any atom is 0.337 e. The van der Waals surface area contributed by atoms with Crippen LogP contribution >= 0.6 is 0 Å². The lowest BCUT2D eigenvalue weighted by atomic mass is 10.1. The molecule has 0 radical (unpaired) electrons. The lowest BCUT2D eigenvalue weighted by Crippen LogP contribution is -2.27. The molecule has 1 aliphatic rings. The van der Waals surface area contributed by atoms with Gasteiger partial charge in [0, 0.05) is 25.4 Å². The summed E-state index contributed by atoms with van der Waals surface area (Å²) in [5, 5.41) is 21.0. The zero-order valence-electron chi connectivity index (χ0n) is 12.5. The fourth-order valence-corrected chi connectivity index (χ4v) is 3.36. The maximum absolute atomic E-state index is 12.0. The summed E-state index contributed by atoms with van der Waals surface area (Å²) in [6.07, 6.45) is 1.92. The number of carboxylic acids is 1. The van der Waals surface area contributed by atoms with E-state index in [9.17, 15) is 18.3 Å². The van der Waals surface area contributed by atoms with Gasteiger partial charge in [0.05, 0.1) is 23.2 Å².